The summed E-state index contributed by atoms with van der Waals surface area (Å²) in [5.74, 6) is -0.821. The Balaban J connectivity index is 4.30. The van der Waals surface area contributed by atoms with Crippen molar-refractivity contribution in [1.29, 1.82) is 0 Å². The van der Waals surface area contributed by atoms with E-state index in [9.17, 15) is 14.7 Å². The van der Waals surface area contributed by atoms with Crippen LogP contribution in [0, 0.1) is 0 Å². The molecule has 0 rings (SSSR count). The van der Waals surface area contributed by atoms with Gasteiger partial charge in [-0.3, -0.25) is 4.79 Å². The molecule has 0 saturated heterocycles. The zero-order valence-corrected chi connectivity index (χ0v) is 14.3. The normalized spacial score (nSPS) is 14.3. The summed E-state index contributed by atoms with van der Waals surface area (Å²) < 4.78 is 5.31. The second kappa shape index (κ2) is 9.63. The third-order valence-electron chi connectivity index (χ3n) is 2.80. The average molecular weight is 318 g/mol. The summed E-state index contributed by atoms with van der Waals surface area (Å²) in [7, 11) is 0. The summed E-state index contributed by atoms with van der Waals surface area (Å²) in [6.07, 6.45) is -0.471. The minimum atomic E-state index is -0.821. The summed E-state index contributed by atoms with van der Waals surface area (Å²) in [5, 5.41) is 21.3. The van der Waals surface area contributed by atoms with Crippen molar-refractivity contribution in [2.24, 2.45) is 0 Å². The van der Waals surface area contributed by atoms with Crippen LogP contribution in [0.4, 0.5) is 4.79 Å². The van der Waals surface area contributed by atoms with Crippen LogP contribution in [-0.2, 0) is 9.53 Å². The van der Waals surface area contributed by atoms with Gasteiger partial charge in [0.05, 0.1) is 6.10 Å². The maximum Gasteiger partial charge on any atom is 0.410 e. The van der Waals surface area contributed by atoms with Crippen LogP contribution in [0.3, 0.4) is 0 Å². The Labute approximate surface area is 132 Å². The van der Waals surface area contributed by atoms with Gasteiger partial charge in [-0.25, -0.2) is 4.79 Å². The van der Waals surface area contributed by atoms with Crippen LogP contribution < -0.4 is 5.32 Å². The number of rotatable bonds is 9. The van der Waals surface area contributed by atoms with Crippen LogP contribution >= 0.6 is 0 Å². The fraction of sp³-hybridized carbons (Fsp3) is 0.867. The van der Waals surface area contributed by atoms with Crippen molar-refractivity contribution in [3.63, 3.8) is 0 Å². The van der Waals surface area contributed by atoms with Crippen LogP contribution in [0.15, 0.2) is 0 Å². The van der Waals surface area contributed by atoms with Crippen LogP contribution in [0.2, 0.25) is 0 Å². The zero-order valence-electron chi connectivity index (χ0n) is 14.3. The quantitative estimate of drug-likeness (QED) is 0.595. The van der Waals surface area contributed by atoms with Crippen molar-refractivity contribution in [2.45, 2.75) is 65.2 Å². The standard InChI is InChI=1S/C15H30N2O5/c1-11(6-7-13(19)20)16-8-9-17(10-12(2)18)14(21)22-15(3,4)5/h11-12,16,18H,6-10H2,1-5H3,(H,19,20). The van der Waals surface area contributed by atoms with Crippen molar-refractivity contribution in [3.8, 4) is 0 Å². The number of carbonyl (C=O) groups is 2. The Morgan fingerprint density at radius 1 is 1.27 bits per heavy atom. The predicted octanol–water partition coefficient (Wildman–Crippen LogP) is 1.45. The highest BCUT2D eigenvalue weighted by atomic mass is 16.6. The molecular weight excluding hydrogens is 288 g/mol. The largest absolute Gasteiger partial charge is 0.481 e. The van der Waals surface area contributed by atoms with Gasteiger partial charge in [-0.05, 0) is 41.0 Å². The zero-order chi connectivity index (χ0) is 17.3. The molecule has 0 saturated carbocycles. The fourth-order valence-electron chi connectivity index (χ4n) is 1.79. The topological polar surface area (TPSA) is 99.1 Å². The summed E-state index contributed by atoms with van der Waals surface area (Å²) in [6.45, 7) is 9.97. The lowest BCUT2D eigenvalue weighted by Crippen LogP contribution is -2.44. The molecule has 1 amide bonds. The van der Waals surface area contributed by atoms with Crippen LogP contribution in [-0.4, -0.2) is 64.6 Å². The Morgan fingerprint density at radius 2 is 1.86 bits per heavy atom. The SMILES string of the molecule is CC(O)CN(CCNC(C)CCC(=O)O)C(=O)OC(C)(C)C. The minimum absolute atomic E-state index is 0.0446. The van der Waals surface area contributed by atoms with Gasteiger partial charge in [0.25, 0.3) is 0 Å². The molecule has 0 spiro atoms. The molecule has 130 valence electrons. The second-order valence-corrected chi connectivity index (χ2v) is 6.56. The summed E-state index contributed by atoms with van der Waals surface area (Å²) in [4.78, 5) is 24.0. The van der Waals surface area contributed by atoms with Gasteiger partial charge in [0.2, 0.25) is 0 Å². The maximum absolute atomic E-state index is 12.1. The molecule has 0 heterocycles. The van der Waals surface area contributed by atoms with E-state index in [1.54, 1.807) is 27.7 Å². The van der Waals surface area contributed by atoms with E-state index in [0.717, 1.165) is 0 Å². The van der Waals surface area contributed by atoms with E-state index >= 15 is 0 Å². The molecule has 0 aromatic carbocycles. The third-order valence-corrected chi connectivity index (χ3v) is 2.80. The molecule has 3 N–H and O–H groups in total. The molecule has 0 aliphatic heterocycles. The van der Waals surface area contributed by atoms with Gasteiger partial charge >= 0.3 is 12.1 Å². The molecule has 0 radical (unpaired) electrons. The van der Waals surface area contributed by atoms with E-state index in [2.05, 4.69) is 5.32 Å². The molecule has 7 heteroatoms. The molecule has 0 aliphatic rings. The van der Waals surface area contributed by atoms with Gasteiger partial charge in [-0.2, -0.15) is 0 Å². The lowest BCUT2D eigenvalue weighted by molar-refractivity contribution is -0.137. The first-order valence-corrected chi connectivity index (χ1v) is 7.62. The Hall–Kier alpha value is -1.34. The Bertz CT molecular complexity index is 352. The van der Waals surface area contributed by atoms with Crippen molar-refractivity contribution in [2.75, 3.05) is 19.6 Å². The van der Waals surface area contributed by atoms with Crippen molar-refractivity contribution in [1.82, 2.24) is 10.2 Å². The molecule has 0 aromatic rings. The number of hydrogen-bond acceptors (Lipinski definition) is 5. The number of carboxylic acids is 1. The molecule has 2 unspecified atom stereocenters. The molecule has 0 aliphatic carbocycles. The van der Waals surface area contributed by atoms with E-state index in [0.29, 0.717) is 19.5 Å². The van der Waals surface area contributed by atoms with Crippen molar-refractivity contribution >= 4 is 12.1 Å². The Kier molecular flexibility index (Phi) is 9.04. The third kappa shape index (κ3) is 11.3. The molecule has 0 bridgehead atoms. The highest BCUT2D eigenvalue weighted by molar-refractivity contribution is 5.68. The second-order valence-electron chi connectivity index (χ2n) is 6.56. The number of amides is 1. The summed E-state index contributed by atoms with van der Waals surface area (Å²) >= 11 is 0. The summed E-state index contributed by atoms with van der Waals surface area (Å²) in [5.41, 5.74) is -0.587. The van der Waals surface area contributed by atoms with Gasteiger partial charge in [-0.15, -0.1) is 0 Å². The predicted molar refractivity (Wildman–Crippen MR) is 83.8 cm³/mol. The number of carbonyl (C=O) groups excluding carboxylic acids is 1. The van der Waals surface area contributed by atoms with E-state index in [-0.39, 0.29) is 19.0 Å². The molecule has 0 aromatic heterocycles. The lowest BCUT2D eigenvalue weighted by atomic mass is 10.2. The van der Waals surface area contributed by atoms with Crippen LogP contribution in [0.1, 0.15) is 47.5 Å². The van der Waals surface area contributed by atoms with Crippen LogP contribution in [0.25, 0.3) is 0 Å². The van der Waals surface area contributed by atoms with Crippen molar-refractivity contribution < 1.29 is 24.5 Å². The minimum Gasteiger partial charge on any atom is -0.481 e. The van der Waals surface area contributed by atoms with Crippen molar-refractivity contribution in [3.05, 3.63) is 0 Å². The van der Waals surface area contributed by atoms with E-state index in [4.69, 9.17) is 9.84 Å². The number of hydrogen-bond donors (Lipinski definition) is 3. The molecule has 0 fully saturated rings. The summed E-state index contributed by atoms with van der Waals surface area (Å²) in [6, 6.07) is 0.0446. The number of ether oxygens (including phenoxy) is 1. The Morgan fingerprint density at radius 3 is 2.32 bits per heavy atom. The first kappa shape index (κ1) is 20.7. The number of aliphatic hydroxyl groups is 1. The average Bonchev–Trinajstić information content (AvgIpc) is 2.32. The highest BCUT2D eigenvalue weighted by Crippen LogP contribution is 2.10. The number of aliphatic carboxylic acids is 1. The maximum atomic E-state index is 12.1. The van der Waals surface area contributed by atoms with E-state index in [1.165, 1.54) is 4.90 Å². The van der Waals surface area contributed by atoms with Gasteiger partial charge in [0.15, 0.2) is 0 Å². The first-order chi connectivity index (χ1) is 10.0. The number of carboxylic acid groups (broad SMARTS) is 1. The molecule has 2 atom stereocenters. The van der Waals surface area contributed by atoms with Gasteiger partial charge in [0, 0.05) is 32.1 Å². The smallest absolute Gasteiger partial charge is 0.410 e. The highest BCUT2D eigenvalue weighted by Gasteiger charge is 2.22. The van der Waals surface area contributed by atoms with Gasteiger partial charge in [-0.1, -0.05) is 0 Å². The molecular formula is C15H30N2O5. The van der Waals surface area contributed by atoms with Gasteiger partial charge in [0.1, 0.15) is 5.60 Å². The molecule has 7 nitrogen and oxygen atoms in total. The van der Waals surface area contributed by atoms with E-state index < -0.39 is 23.8 Å². The molecule has 22 heavy (non-hydrogen) atoms. The van der Waals surface area contributed by atoms with E-state index in [1.807, 2.05) is 6.92 Å². The number of aliphatic hydroxyl groups excluding tert-OH is 1. The van der Waals surface area contributed by atoms with Crippen LogP contribution in [0.5, 0.6) is 0 Å². The number of nitrogens with one attached hydrogen (secondary N) is 1. The first-order valence-electron chi connectivity index (χ1n) is 7.62. The number of nitrogens with zero attached hydrogens (tertiary/aromatic N) is 1. The van der Waals surface area contributed by atoms with Gasteiger partial charge < -0.3 is 25.2 Å². The monoisotopic (exact) mass is 318 g/mol. The fourth-order valence-corrected chi connectivity index (χ4v) is 1.79. The lowest BCUT2D eigenvalue weighted by Gasteiger charge is -2.28.